The average molecular weight is 203 g/mol. The Morgan fingerprint density at radius 1 is 1.67 bits per heavy atom. The van der Waals surface area contributed by atoms with Gasteiger partial charge in [-0.1, -0.05) is 18.5 Å². The Morgan fingerprint density at radius 2 is 2.42 bits per heavy atom. The first-order valence-electron chi connectivity index (χ1n) is 3.38. The highest BCUT2D eigenvalue weighted by atomic mass is 35.5. The summed E-state index contributed by atoms with van der Waals surface area (Å²) in [5, 5.41) is 0.864. The van der Waals surface area contributed by atoms with Crippen molar-refractivity contribution in [2.24, 2.45) is 0 Å². The van der Waals surface area contributed by atoms with Crippen LogP contribution in [0.2, 0.25) is 5.15 Å². The Kier molecular flexibility index (Phi) is 3.49. The van der Waals surface area contributed by atoms with Gasteiger partial charge in [0.15, 0.2) is 6.29 Å². The number of nitrogens with zero attached hydrogens (tertiary/aromatic N) is 2. The maximum absolute atomic E-state index is 10.5. The second kappa shape index (κ2) is 4.42. The molecule has 0 radical (unpaired) electrons. The number of hydrogen-bond donors (Lipinski definition) is 0. The Hall–Kier alpha value is -0.610. The molecule has 1 aromatic rings. The van der Waals surface area contributed by atoms with Crippen LogP contribution in [0.5, 0.6) is 0 Å². The Bertz CT molecular complexity index is 293. The second-order valence-corrected chi connectivity index (χ2v) is 3.54. The molecule has 0 atom stereocenters. The first-order valence-corrected chi connectivity index (χ1v) is 4.74. The summed E-state index contributed by atoms with van der Waals surface area (Å²) >= 11 is 7.14. The van der Waals surface area contributed by atoms with Gasteiger partial charge in [-0.2, -0.15) is 0 Å². The van der Waals surface area contributed by atoms with Gasteiger partial charge in [0, 0.05) is 0 Å². The number of halogens is 1. The Labute approximate surface area is 79.6 Å². The molecule has 0 bridgehead atoms. The minimum absolute atomic E-state index is 0.218. The topological polar surface area (TPSA) is 42.9 Å². The molecule has 1 heterocycles. The van der Waals surface area contributed by atoms with Crippen molar-refractivity contribution < 1.29 is 4.79 Å². The molecule has 0 aliphatic carbocycles. The SMILES string of the molecule is CCSc1ncnc(Cl)c1C=O. The van der Waals surface area contributed by atoms with E-state index in [1.165, 1.54) is 18.1 Å². The maximum atomic E-state index is 10.5. The van der Waals surface area contributed by atoms with Crippen LogP contribution in [-0.4, -0.2) is 22.0 Å². The summed E-state index contributed by atoms with van der Waals surface area (Å²) in [5.41, 5.74) is 0.381. The van der Waals surface area contributed by atoms with Crippen LogP contribution in [0.25, 0.3) is 0 Å². The average Bonchev–Trinajstić information content (AvgIpc) is 2.05. The number of aromatic nitrogens is 2. The molecule has 3 nitrogen and oxygen atoms in total. The molecule has 0 aliphatic rings. The molecule has 0 amide bonds. The van der Waals surface area contributed by atoms with E-state index in [2.05, 4.69) is 9.97 Å². The van der Waals surface area contributed by atoms with Gasteiger partial charge in [0.1, 0.15) is 16.5 Å². The zero-order valence-electron chi connectivity index (χ0n) is 6.45. The van der Waals surface area contributed by atoms with E-state index in [0.717, 1.165) is 5.75 Å². The van der Waals surface area contributed by atoms with Gasteiger partial charge in [0.05, 0.1) is 5.56 Å². The number of aldehydes is 1. The molecule has 0 spiro atoms. The molecule has 64 valence electrons. The molecular weight excluding hydrogens is 196 g/mol. The highest BCUT2D eigenvalue weighted by Gasteiger charge is 2.07. The summed E-state index contributed by atoms with van der Waals surface area (Å²) in [6.07, 6.45) is 2.04. The molecule has 0 saturated heterocycles. The van der Waals surface area contributed by atoms with Crippen LogP contribution in [0.1, 0.15) is 17.3 Å². The van der Waals surface area contributed by atoms with Crippen LogP contribution in [0.3, 0.4) is 0 Å². The quantitative estimate of drug-likeness (QED) is 0.428. The second-order valence-electron chi connectivity index (χ2n) is 1.93. The summed E-state index contributed by atoms with van der Waals surface area (Å²) in [7, 11) is 0. The minimum atomic E-state index is 0.218. The van der Waals surface area contributed by atoms with Crippen molar-refractivity contribution >= 4 is 29.6 Å². The summed E-state index contributed by atoms with van der Waals surface area (Å²) in [5.74, 6) is 0.855. The molecule has 0 saturated carbocycles. The zero-order valence-corrected chi connectivity index (χ0v) is 8.02. The van der Waals surface area contributed by atoms with Gasteiger partial charge in [0.2, 0.25) is 0 Å². The van der Waals surface area contributed by atoms with Crippen molar-refractivity contribution in [3.05, 3.63) is 17.0 Å². The molecular formula is C7H7ClN2OS. The monoisotopic (exact) mass is 202 g/mol. The van der Waals surface area contributed by atoms with Crippen LogP contribution >= 0.6 is 23.4 Å². The van der Waals surface area contributed by atoms with Crippen molar-refractivity contribution in [3.8, 4) is 0 Å². The predicted octanol–water partition coefficient (Wildman–Crippen LogP) is 2.05. The number of carbonyl (C=O) groups excluding carboxylic acids is 1. The normalized spacial score (nSPS) is 9.83. The lowest BCUT2D eigenvalue weighted by Crippen LogP contribution is -1.93. The van der Waals surface area contributed by atoms with Gasteiger partial charge in [-0.15, -0.1) is 11.8 Å². The van der Waals surface area contributed by atoms with E-state index >= 15 is 0 Å². The third kappa shape index (κ3) is 1.95. The lowest BCUT2D eigenvalue weighted by atomic mass is 10.4. The van der Waals surface area contributed by atoms with Crippen LogP contribution in [-0.2, 0) is 0 Å². The highest BCUT2D eigenvalue weighted by molar-refractivity contribution is 7.99. The van der Waals surface area contributed by atoms with E-state index in [1.54, 1.807) is 0 Å². The Balaban J connectivity index is 3.09. The van der Waals surface area contributed by atoms with Gasteiger partial charge in [-0.3, -0.25) is 4.79 Å². The summed E-state index contributed by atoms with van der Waals surface area (Å²) in [6, 6.07) is 0. The number of rotatable bonds is 3. The summed E-state index contributed by atoms with van der Waals surface area (Å²) in [4.78, 5) is 18.2. The molecule has 0 aromatic carbocycles. The van der Waals surface area contributed by atoms with E-state index in [0.29, 0.717) is 16.9 Å². The maximum Gasteiger partial charge on any atom is 0.155 e. The van der Waals surface area contributed by atoms with Crippen molar-refractivity contribution in [2.45, 2.75) is 11.9 Å². The molecule has 1 aromatic heterocycles. The third-order valence-corrected chi connectivity index (χ3v) is 2.39. The molecule has 0 N–H and O–H groups in total. The number of thioether (sulfide) groups is 1. The van der Waals surface area contributed by atoms with Crippen molar-refractivity contribution in [3.63, 3.8) is 0 Å². The largest absolute Gasteiger partial charge is 0.298 e. The van der Waals surface area contributed by atoms with E-state index in [-0.39, 0.29) is 5.15 Å². The molecule has 0 aliphatic heterocycles. The summed E-state index contributed by atoms with van der Waals surface area (Å²) < 4.78 is 0. The molecule has 1 rings (SSSR count). The van der Waals surface area contributed by atoms with Gasteiger partial charge in [-0.05, 0) is 5.75 Å². The van der Waals surface area contributed by atoms with Gasteiger partial charge in [0.25, 0.3) is 0 Å². The lowest BCUT2D eigenvalue weighted by molar-refractivity contribution is 0.112. The fourth-order valence-electron chi connectivity index (χ4n) is 0.710. The van der Waals surface area contributed by atoms with E-state index < -0.39 is 0 Å². The summed E-state index contributed by atoms with van der Waals surface area (Å²) in [6.45, 7) is 1.98. The van der Waals surface area contributed by atoms with Crippen molar-refractivity contribution in [2.75, 3.05) is 5.75 Å². The van der Waals surface area contributed by atoms with Crippen molar-refractivity contribution in [1.82, 2.24) is 9.97 Å². The smallest absolute Gasteiger partial charge is 0.155 e. The first-order chi connectivity index (χ1) is 5.79. The van der Waals surface area contributed by atoms with Crippen LogP contribution in [0, 0.1) is 0 Å². The molecule has 5 heteroatoms. The fourth-order valence-corrected chi connectivity index (χ4v) is 1.64. The molecule has 0 unspecified atom stereocenters. The fraction of sp³-hybridized carbons (Fsp3) is 0.286. The minimum Gasteiger partial charge on any atom is -0.298 e. The number of carbonyl (C=O) groups is 1. The van der Waals surface area contributed by atoms with Gasteiger partial charge in [-0.25, -0.2) is 9.97 Å². The molecule has 0 fully saturated rings. The van der Waals surface area contributed by atoms with E-state index in [9.17, 15) is 4.79 Å². The lowest BCUT2D eigenvalue weighted by Gasteiger charge is -2.00. The van der Waals surface area contributed by atoms with Gasteiger partial charge < -0.3 is 0 Å². The van der Waals surface area contributed by atoms with Crippen LogP contribution in [0.4, 0.5) is 0 Å². The van der Waals surface area contributed by atoms with Crippen molar-refractivity contribution in [1.29, 1.82) is 0 Å². The van der Waals surface area contributed by atoms with Crippen LogP contribution < -0.4 is 0 Å². The van der Waals surface area contributed by atoms with E-state index in [4.69, 9.17) is 11.6 Å². The van der Waals surface area contributed by atoms with Gasteiger partial charge >= 0.3 is 0 Å². The highest BCUT2D eigenvalue weighted by Crippen LogP contribution is 2.22. The molecule has 12 heavy (non-hydrogen) atoms. The predicted molar refractivity (Wildman–Crippen MR) is 48.8 cm³/mol. The first kappa shape index (κ1) is 9.48. The standard InChI is InChI=1S/C7H7ClN2OS/c1-2-12-7-5(3-11)6(8)9-4-10-7/h3-4H,2H2,1H3. The number of hydrogen-bond acceptors (Lipinski definition) is 4. The van der Waals surface area contributed by atoms with Crippen LogP contribution in [0.15, 0.2) is 11.4 Å². The Morgan fingerprint density at radius 3 is 3.00 bits per heavy atom. The zero-order chi connectivity index (χ0) is 8.97. The third-order valence-electron chi connectivity index (χ3n) is 1.20. The van der Waals surface area contributed by atoms with E-state index in [1.807, 2.05) is 6.92 Å².